The molecule has 6 heteroatoms. The fourth-order valence-electron chi connectivity index (χ4n) is 3.26. The summed E-state index contributed by atoms with van der Waals surface area (Å²) in [6.45, 7) is 9.74. The minimum absolute atomic E-state index is 0.00986. The van der Waals surface area contributed by atoms with E-state index >= 15 is 0 Å². The van der Waals surface area contributed by atoms with Crippen molar-refractivity contribution in [1.82, 2.24) is 15.4 Å². The van der Waals surface area contributed by atoms with Gasteiger partial charge in [0.25, 0.3) is 0 Å². The topological polar surface area (TPSA) is 61.6 Å². The van der Waals surface area contributed by atoms with Crippen LogP contribution in [0.4, 0.5) is 10.5 Å². The Kier molecular flexibility index (Phi) is 5.26. The van der Waals surface area contributed by atoms with Gasteiger partial charge in [0.1, 0.15) is 5.76 Å². The van der Waals surface area contributed by atoms with Gasteiger partial charge in [0.05, 0.1) is 5.69 Å². The van der Waals surface area contributed by atoms with Crippen LogP contribution < -0.4 is 10.2 Å². The van der Waals surface area contributed by atoms with E-state index < -0.39 is 0 Å². The molecule has 1 aromatic heterocycles. The fourth-order valence-corrected chi connectivity index (χ4v) is 3.26. The zero-order chi connectivity index (χ0) is 17.8. The molecule has 1 aromatic carbocycles. The maximum atomic E-state index is 12.4. The Labute approximate surface area is 148 Å². The molecule has 134 valence electrons. The molecule has 6 nitrogen and oxygen atoms in total. The molecule has 1 N–H and O–H groups in total. The van der Waals surface area contributed by atoms with Crippen LogP contribution in [0.2, 0.25) is 0 Å². The molecule has 0 atom stereocenters. The van der Waals surface area contributed by atoms with Crippen molar-refractivity contribution in [1.29, 1.82) is 0 Å². The van der Waals surface area contributed by atoms with Gasteiger partial charge in [-0.15, -0.1) is 0 Å². The standard InChI is InChI=1S/C19H26N4O2/c1-14-5-4-6-17(13-14)22-9-11-23(12-10-22)19(24)20-8-7-18-15(2)21-25-16(18)3/h4-6,13H,7-12H2,1-3H3,(H,20,24). The van der Waals surface area contributed by atoms with Crippen molar-refractivity contribution in [2.75, 3.05) is 37.6 Å². The highest BCUT2D eigenvalue weighted by atomic mass is 16.5. The number of carbonyl (C=O) groups excluding carboxylic acids is 1. The second-order valence-corrected chi connectivity index (χ2v) is 6.60. The Morgan fingerprint density at radius 3 is 2.60 bits per heavy atom. The van der Waals surface area contributed by atoms with Crippen LogP contribution in [0.15, 0.2) is 28.8 Å². The number of amides is 2. The summed E-state index contributed by atoms with van der Waals surface area (Å²) >= 11 is 0. The third-order valence-corrected chi connectivity index (χ3v) is 4.77. The summed E-state index contributed by atoms with van der Waals surface area (Å²) in [5.41, 5.74) is 4.48. The van der Waals surface area contributed by atoms with Crippen LogP contribution in [0.1, 0.15) is 22.6 Å². The van der Waals surface area contributed by atoms with Gasteiger partial charge >= 0.3 is 6.03 Å². The second kappa shape index (κ2) is 7.59. The van der Waals surface area contributed by atoms with E-state index in [1.807, 2.05) is 18.7 Å². The van der Waals surface area contributed by atoms with Crippen LogP contribution >= 0.6 is 0 Å². The highest BCUT2D eigenvalue weighted by Gasteiger charge is 2.21. The lowest BCUT2D eigenvalue weighted by Crippen LogP contribution is -2.52. The third kappa shape index (κ3) is 4.13. The summed E-state index contributed by atoms with van der Waals surface area (Å²) in [5.74, 6) is 0.832. The monoisotopic (exact) mass is 342 g/mol. The lowest BCUT2D eigenvalue weighted by molar-refractivity contribution is 0.194. The van der Waals surface area contributed by atoms with Gasteiger partial charge in [-0.2, -0.15) is 0 Å². The molecule has 1 aliphatic rings. The van der Waals surface area contributed by atoms with Gasteiger partial charge in [-0.3, -0.25) is 0 Å². The predicted molar refractivity (Wildman–Crippen MR) is 98.0 cm³/mol. The maximum Gasteiger partial charge on any atom is 0.317 e. The lowest BCUT2D eigenvalue weighted by Gasteiger charge is -2.36. The van der Waals surface area contributed by atoms with E-state index in [-0.39, 0.29) is 6.03 Å². The molecule has 0 saturated carbocycles. The van der Waals surface area contributed by atoms with Gasteiger partial charge in [0, 0.05) is 44.0 Å². The first-order chi connectivity index (χ1) is 12.0. The molecule has 0 radical (unpaired) electrons. The number of carbonyl (C=O) groups is 1. The van der Waals surface area contributed by atoms with Gasteiger partial charge in [0.2, 0.25) is 0 Å². The number of aromatic nitrogens is 1. The van der Waals surface area contributed by atoms with Gasteiger partial charge in [-0.25, -0.2) is 4.79 Å². The summed E-state index contributed by atoms with van der Waals surface area (Å²) in [5, 5.41) is 6.95. The van der Waals surface area contributed by atoms with Gasteiger partial charge in [0.15, 0.2) is 0 Å². The average Bonchev–Trinajstić information content (AvgIpc) is 2.94. The number of benzene rings is 1. The van der Waals surface area contributed by atoms with E-state index in [0.29, 0.717) is 6.54 Å². The summed E-state index contributed by atoms with van der Waals surface area (Å²) in [4.78, 5) is 16.6. The smallest absolute Gasteiger partial charge is 0.317 e. The van der Waals surface area contributed by atoms with Crippen LogP contribution in [-0.4, -0.2) is 48.8 Å². The quantitative estimate of drug-likeness (QED) is 0.928. The van der Waals surface area contributed by atoms with Crippen molar-refractivity contribution >= 4 is 11.7 Å². The molecule has 0 bridgehead atoms. The van der Waals surface area contributed by atoms with Crippen molar-refractivity contribution in [2.45, 2.75) is 27.2 Å². The van der Waals surface area contributed by atoms with E-state index in [4.69, 9.17) is 4.52 Å². The van der Waals surface area contributed by atoms with Crippen LogP contribution in [0.5, 0.6) is 0 Å². The van der Waals surface area contributed by atoms with Crippen LogP contribution in [0.25, 0.3) is 0 Å². The number of urea groups is 1. The summed E-state index contributed by atoms with van der Waals surface area (Å²) in [7, 11) is 0. The number of hydrogen-bond acceptors (Lipinski definition) is 4. The van der Waals surface area contributed by atoms with E-state index in [0.717, 1.165) is 49.6 Å². The van der Waals surface area contributed by atoms with Crippen molar-refractivity contribution in [3.8, 4) is 0 Å². The summed E-state index contributed by atoms with van der Waals surface area (Å²) in [6.07, 6.45) is 0.746. The lowest BCUT2D eigenvalue weighted by atomic mass is 10.1. The van der Waals surface area contributed by atoms with Crippen LogP contribution in [-0.2, 0) is 6.42 Å². The molecule has 25 heavy (non-hydrogen) atoms. The number of aryl methyl sites for hydroxylation is 3. The number of anilines is 1. The minimum Gasteiger partial charge on any atom is -0.368 e. The molecule has 1 fully saturated rings. The number of hydrogen-bond donors (Lipinski definition) is 1. The third-order valence-electron chi connectivity index (χ3n) is 4.77. The number of nitrogens with one attached hydrogen (secondary N) is 1. The average molecular weight is 342 g/mol. The molecular formula is C19H26N4O2. The second-order valence-electron chi connectivity index (χ2n) is 6.60. The summed E-state index contributed by atoms with van der Waals surface area (Å²) < 4.78 is 5.15. The molecule has 2 heterocycles. The Balaban J connectivity index is 1.45. The van der Waals surface area contributed by atoms with Crippen LogP contribution in [0, 0.1) is 20.8 Å². The number of piperazine rings is 1. The summed E-state index contributed by atoms with van der Waals surface area (Å²) in [6, 6.07) is 8.52. The van der Waals surface area contributed by atoms with Crippen molar-refractivity contribution in [3.05, 3.63) is 46.8 Å². The molecule has 1 aliphatic heterocycles. The predicted octanol–water partition coefficient (Wildman–Crippen LogP) is 2.67. The van der Waals surface area contributed by atoms with E-state index in [9.17, 15) is 4.79 Å². The largest absolute Gasteiger partial charge is 0.368 e. The molecule has 2 amide bonds. The molecule has 1 saturated heterocycles. The first-order valence-corrected chi connectivity index (χ1v) is 8.81. The Bertz CT molecular complexity index is 713. The zero-order valence-corrected chi connectivity index (χ0v) is 15.2. The zero-order valence-electron chi connectivity index (χ0n) is 15.2. The van der Waals surface area contributed by atoms with E-state index in [2.05, 4.69) is 46.6 Å². The van der Waals surface area contributed by atoms with E-state index in [1.54, 1.807) is 0 Å². The minimum atomic E-state index is 0.00986. The first kappa shape index (κ1) is 17.3. The number of nitrogens with zero attached hydrogens (tertiary/aromatic N) is 3. The Morgan fingerprint density at radius 1 is 1.20 bits per heavy atom. The highest BCUT2D eigenvalue weighted by molar-refractivity contribution is 5.74. The number of rotatable bonds is 4. The molecular weight excluding hydrogens is 316 g/mol. The fraction of sp³-hybridized carbons (Fsp3) is 0.474. The highest BCUT2D eigenvalue weighted by Crippen LogP contribution is 2.18. The Morgan fingerprint density at radius 2 is 1.96 bits per heavy atom. The molecule has 2 aromatic rings. The van der Waals surface area contributed by atoms with Gasteiger partial charge in [-0.05, 0) is 44.9 Å². The molecule has 0 spiro atoms. The van der Waals surface area contributed by atoms with Crippen LogP contribution in [0.3, 0.4) is 0 Å². The van der Waals surface area contributed by atoms with E-state index in [1.165, 1.54) is 11.3 Å². The Hall–Kier alpha value is -2.50. The van der Waals surface area contributed by atoms with Gasteiger partial charge in [-0.1, -0.05) is 17.3 Å². The molecule has 0 aliphatic carbocycles. The van der Waals surface area contributed by atoms with Gasteiger partial charge < -0.3 is 19.6 Å². The normalized spacial score (nSPS) is 14.7. The SMILES string of the molecule is Cc1cccc(N2CCN(C(=O)NCCc3c(C)noc3C)CC2)c1. The molecule has 3 rings (SSSR count). The molecule has 0 unspecified atom stereocenters. The van der Waals surface area contributed by atoms with Crippen molar-refractivity contribution < 1.29 is 9.32 Å². The van der Waals surface area contributed by atoms with Crippen molar-refractivity contribution in [2.24, 2.45) is 0 Å². The van der Waals surface area contributed by atoms with Crippen molar-refractivity contribution in [3.63, 3.8) is 0 Å². The first-order valence-electron chi connectivity index (χ1n) is 8.81. The maximum absolute atomic E-state index is 12.4.